The molecule has 1 heterocycles. The Balaban J connectivity index is 1.62. The van der Waals surface area contributed by atoms with Gasteiger partial charge in [0.25, 0.3) is 0 Å². The third kappa shape index (κ3) is 4.86. The molecule has 1 saturated carbocycles. The fraction of sp³-hybridized carbons (Fsp3) is 0.667. The zero-order valence-electron chi connectivity index (χ0n) is 20.1. The molecule has 0 unspecified atom stereocenters. The van der Waals surface area contributed by atoms with Crippen molar-refractivity contribution in [2.45, 2.75) is 71.6 Å². The average molecular weight is 464 g/mol. The van der Waals surface area contributed by atoms with Crippen molar-refractivity contribution >= 4 is 21.8 Å². The maximum Gasteiger partial charge on any atom is 0.243 e. The summed E-state index contributed by atoms with van der Waals surface area (Å²) in [6, 6.07) is 0. The summed E-state index contributed by atoms with van der Waals surface area (Å²) < 4.78 is 28.4. The van der Waals surface area contributed by atoms with E-state index in [1.807, 2.05) is 34.6 Å². The van der Waals surface area contributed by atoms with Crippen LogP contribution >= 0.6 is 0 Å². The first-order chi connectivity index (χ1) is 15.1. The minimum Gasteiger partial charge on any atom is -0.347 e. The Labute approximate surface area is 192 Å². The lowest BCUT2D eigenvalue weighted by molar-refractivity contribution is -0.135. The highest BCUT2D eigenvalue weighted by atomic mass is 32.2. The number of benzene rings is 1. The van der Waals surface area contributed by atoms with Crippen LogP contribution in [0.5, 0.6) is 0 Å². The predicted molar refractivity (Wildman–Crippen MR) is 125 cm³/mol. The lowest BCUT2D eigenvalue weighted by atomic mass is 9.89. The molecule has 1 aromatic rings. The van der Waals surface area contributed by atoms with Crippen LogP contribution in [0.25, 0.3) is 0 Å². The number of piperazine rings is 1. The molecule has 1 aromatic carbocycles. The molecule has 2 amide bonds. The first-order valence-electron chi connectivity index (χ1n) is 11.7. The van der Waals surface area contributed by atoms with Gasteiger partial charge in [-0.15, -0.1) is 0 Å². The van der Waals surface area contributed by atoms with Crippen LogP contribution in [0.15, 0.2) is 4.90 Å². The fourth-order valence-corrected chi connectivity index (χ4v) is 6.93. The number of nitrogens with zero attached hydrogens (tertiary/aromatic N) is 2. The Morgan fingerprint density at radius 2 is 1.31 bits per heavy atom. The predicted octanol–water partition coefficient (Wildman–Crippen LogP) is 2.76. The molecule has 0 aromatic heterocycles. The molecule has 0 atom stereocenters. The number of hydrogen-bond donors (Lipinski definition) is 1. The number of amides is 2. The third-order valence-electron chi connectivity index (χ3n) is 7.51. The first kappa shape index (κ1) is 24.7. The van der Waals surface area contributed by atoms with E-state index in [1.165, 1.54) is 10.7 Å². The van der Waals surface area contributed by atoms with Gasteiger partial charge in [-0.1, -0.05) is 19.3 Å². The smallest absolute Gasteiger partial charge is 0.243 e. The van der Waals surface area contributed by atoms with Gasteiger partial charge in [-0.3, -0.25) is 9.59 Å². The second kappa shape index (κ2) is 9.91. The molecule has 2 aliphatic rings. The van der Waals surface area contributed by atoms with Crippen molar-refractivity contribution in [3.05, 3.63) is 27.8 Å². The van der Waals surface area contributed by atoms with Gasteiger partial charge in [0.2, 0.25) is 21.8 Å². The zero-order valence-corrected chi connectivity index (χ0v) is 20.9. The Morgan fingerprint density at radius 3 is 1.84 bits per heavy atom. The van der Waals surface area contributed by atoms with Crippen molar-refractivity contribution in [1.82, 2.24) is 14.5 Å². The minimum absolute atomic E-state index is 0.0172. The molecular weight excluding hydrogens is 426 g/mol. The SMILES string of the molecule is Cc1c(C)c(C)c(S(=O)(=O)N2CCN(C(=O)CNC(=O)C3CCCCC3)CC2)c(C)c1C. The van der Waals surface area contributed by atoms with Crippen molar-refractivity contribution in [1.29, 1.82) is 0 Å². The molecule has 0 spiro atoms. The van der Waals surface area contributed by atoms with Crippen LogP contribution in [-0.4, -0.2) is 62.2 Å². The molecular formula is C24H37N3O4S. The first-order valence-corrected chi connectivity index (χ1v) is 13.1. The van der Waals surface area contributed by atoms with Crippen LogP contribution in [0.4, 0.5) is 0 Å². The molecule has 1 aliphatic carbocycles. The summed E-state index contributed by atoms with van der Waals surface area (Å²) in [6.45, 7) is 10.9. The number of carbonyl (C=O) groups is 2. The summed E-state index contributed by atoms with van der Waals surface area (Å²) in [5.41, 5.74) is 4.75. The lowest BCUT2D eigenvalue weighted by Crippen LogP contribution is -2.53. The topological polar surface area (TPSA) is 86.8 Å². The Kier molecular flexibility index (Phi) is 7.65. The summed E-state index contributed by atoms with van der Waals surface area (Å²) in [4.78, 5) is 26.9. The Bertz CT molecular complexity index is 960. The standard InChI is InChI=1S/C24H37N3O4S/c1-16-17(2)19(4)23(20(5)18(16)3)32(30,31)27-13-11-26(12-14-27)22(28)15-25-24(29)21-9-7-6-8-10-21/h21H,6-15H2,1-5H3,(H,25,29). The molecule has 1 N–H and O–H groups in total. The highest BCUT2D eigenvalue weighted by molar-refractivity contribution is 7.89. The fourth-order valence-electron chi connectivity index (χ4n) is 4.94. The summed E-state index contributed by atoms with van der Waals surface area (Å²) >= 11 is 0. The molecule has 1 aliphatic heterocycles. The molecule has 7 nitrogen and oxygen atoms in total. The number of nitrogens with one attached hydrogen (secondary N) is 1. The Hall–Kier alpha value is -1.93. The van der Waals surface area contributed by atoms with Crippen molar-refractivity contribution < 1.29 is 18.0 Å². The maximum absolute atomic E-state index is 13.5. The number of sulfonamides is 1. The molecule has 32 heavy (non-hydrogen) atoms. The Morgan fingerprint density at radius 1 is 0.812 bits per heavy atom. The third-order valence-corrected chi connectivity index (χ3v) is 9.68. The summed E-state index contributed by atoms with van der Waals surface area (Å²) in [5.74, 6) is -0.164. The van der Waals surface area contributed by atoms with Gasteiger partial charge in [-0.25, -0.2) is 8.42 Å². The number of carbonyl (C=O) groups excluding carboxylic acids is 2. The van der Waals surface area contributed by atoms with E-state index in [2.05, 4.69) is 5.32 Å². The van der Waals surface area contributed by atoms with Crippen LogP contribution in [0.2, 0.25) is 0 Å². The monoisotopic (exact) mass is 463 g/mol. The van der Waals surface area contributed by atoms with E-state index >= 15 is 0 Å². The maximum atomic E-state index is 13.5. The van der Waals surface area contributed by atoms with Crippen molar-refractivity contribution in [3.63, 3.8) is 0 Å². The van der Waals surface area contributed by atoms with E-state index in [9.17, 15) is 18.0 Å². The van der Waals surface area contributed by atoms with Crippen LogP contribution in [0.1, 0.15) is 59.9 Å². The van der Waals surface area contributed by atoms with Crippen molar-refractivity contribution in [2.24, 2.45) is 5.92 Å². The van der Waals surface area contributed by atoms with Gasteiger partial charge in [0, 0.05) is 32.1 Å². The highest BCUT2D eigenvalue weighted by Gasteiger charge is 2.33. The van der Waals surface area contributed by atoms with Gasteiger partial charge in [0.15, 0.2) is 0 Å². The second-order valence-electron chi connectivity index (χ2n) is 9.29. The van der Waals surface area contributed by atoms with E-state index in [1.54, 1.807) is 4.90 Å². The largest absolute Gasteiger partial charge is 0.347 e. The quantitative estimate of drug-likeness (QED) is 0.727. The van der Waals surface area contributed by atoms with Gasteiger partial charge in [0.1, 0.15) is 0 Å². The van der Waals surface area contributed by atoms with Gasteiger partial charge >= 0.3 is 0 Å². The van der Waals surface area contributed by atoms with E-state index in [4.69, 9.17) is 0 Å². The second-order valence-corrected chi connectivity index (χ2v) is 11.2. The van der Waals surface area contributed by atoms with Crippen molar-refractivity contribution in [3.8, 4) is 0 Å². The molecule has 0 bridgehead atoms. The summed E-state index contributed by atoms with van der Waals surface area (Å²) in [5, 5.41) is 2.79. The summed E-state index contributed by atoms with van der Waals surface area (Å²) in [7, 11) is -3.65. The van der Waals surface area contributed by atoms with Crippen molar-refractivity contribution in [2.75, 3.05) is 32.7 Å². The van der Waals surface area contributed by atoms with Gasteiger partial charge in [0.05, 0.1) is 11.4 Å². The molecule has 1 saturated heterocycles. The summed E-state index contributed by atoms with van der Waals surface area (Å²) in [6.07, 6.45) is 5.11. The van der Waals surface area contributed by atoms with E-state index in [0.29, 0.717) is 18.0 Å². The lowest BCUT2D eigenvalue weighted by Gasteiger charge is -2.35. The molecule has 8 heteroatoms. The van der Waals surface area contributed by atoms with Gasteiger partial charge in [-0.05, 0) is 75.3 Å². The molecule has 178 valence electrons. The zero-order chi connectivity index (χ0) is 23.6. The molecule has 2 fully saturated rings. The van der Waals surface area contributed by atoms with E-state index in [-0.39, 0.29) is 37.4 Å². The molecule has 0 radical (unpaired) electrons. The van der Waals surface area contributed by atoms with Gasteiger partial charge < -0.3 is 10.2 Å². The average Bonchev–Trinajstić information content (AvgIpc) is 2.80. The van der Waals surface area contributed by atoms with E-state index < -0.39 is 10.0 Å². The minimum atomic E-state index is -3.65. The molecule has 3 rings (SSSR count). The highest BCUT2D eigenvalue weighted by Crippen LogP contribution is 2.32. The van der Waals surface area contributed by atoms with Crippen LogP contribution in [0, 0.1) is 40.5 Å². The van der Waals surface area contributed by atoms with Crippen LogP contribution in [-0.2, 0) is 19.6 Å². The van der Waals surface area contributed by atoms with Crippen LogP contribution in [0.3, 0.4) is 0 Å². The van der Waals surface area contributed by atoms with E-state index in [0.717, 1.165) is 53.5 Å². The number of hydrogen-bond acceptors (Lipinski definition) is 4. The van der Waals surface area contributed by atoms with Crippen LogP contribution < -0.4 is 5.32 Å². The number of rotatable bonds is 5. The van der Waals surface area contributed by atoms with Gasteiger partial charge in [-0.2, -0.15) is 4.31 Å². The normalized spacial score (nSPS) is 18.6.